The Labute approximate surface area is 80.6 Å². The van der Waals surface area contributed by atoms with E-state index in [1.165, 1.54) is 0 Å². The summed E-state index contributed by atoms with van der Waals surface area (Å²) in [7, 11) is 0. The number of nitrogens with zero attached hydrogens (tertiary/aromatic N) is 2. The average molecular weight is 184 g/mol. The molecular formula is C11H8N2O. The lowest BCUT2D eigenvalue weighted by Crippen LogP contribution is -1.76. The first-order valence-corrected chi connectivity index (χ1v) is 4.41. The molecule has 2 aromatic heterocycles. The van der Waals surface area contributed by atoms with Gasteiger partial charge >= 0.3 is 0 Å². The molecule has 0 N–H and O–H groups in total. The predicted molar refractivity (Wildman–Crippen MR) is 52.9 cm³/mol. The van der Waals surface area contributed by atoms with Crippen LogP contribution < -0.4 is 0 Å². The molecule has 0 aliphatic carbocycles. The van der Waals surface area contributed by atoms with Crippen molar-refractivity contribution in [1.82, 2.24) is 9.61 Å². The number of aromatic nitrogens is 2. The fraction of sp³-hybridized carbons (Fsp3) is 0. The zero-order chi connectivity index (χ0) is 9.38. The van der Waals surface area contributed by atoms with Gasteiger partial charge in [0.1, 0.15) is 6.26 Å². The van der Waals surface area contributed by atoms with Crippen LogP contribution in [0.1, 0.15) is 0 Å². The van der Waals surface area contributed by atoms with Crippen molar-refractivity contribution in [3.63, 3.8) is 0 Å². The first-order valence-electron chi connectivity index (χ1n) is 4.41. The number of oxazole rings is 1. The summed E-state index contributed by atoms with van der Waals surface area (Å²) in [5, 5.41) is 4.18. The summed E-state index contributed by atoms with van der Waals surface area (Å²) < 4.78 is 7.07. The number of benzene rings is 1. The van der Waals surface area contributed by atoms with Crippen LogP contribution >= 0.6 is 0 Å². The van der Waals surface area contributed by atoms with E-state index in [2.05, 4.69) is 5.10 Å². The van der Waals surface area contributed by atoms with Crippen molar-refractivity contribution in [3.8, 4) is 11.1 Å². The molecule has 3 rings (SSSR count). The third kappa shape index (κ3) is 0.956. The van der Waals surface area contributed by atoms with Crippen LogP contribution in [0.25, 0.3) is 16.8 Å². The second kappa shape index (κ2) is 2.73. The van der Waals surface area contributed by atoms with Gasteiger partial charge in [0.25, 0.3) is 0 Å². The summed E-state index contributed by atoms with van der Waals surface area (Å²) in [6.07, 6.45) is 5.24. The molecule has 0 aliphatic rings. The highest BCUT2D eigenvalue weighted by molar-refractivity contribution is 5.75. The largest absolute Gasteiger partial charge is 0.444 e. The standard InChI is InChI=1S/C11H8N2O/c1-2-4-9(5-3-1)10-8-12-13-6-7-14-11(10)13/h1-8H. The third-order valence-electron chi connectivity index (χ3n) is 2.22. The number of fused-ring (bicyclic) bond motifs is 1. The lowest BCUT2D eigenvalue weighted by molar-refractivity contribution is 0.607. The Morgan fingerprint density at radius 1 is 1.14 bits per heavy atom. The lowest BCUT2D eigenvalue weighted by Gasteiger charge is -1.93. The molecule has 0 saturated carbocycles. The highest BCUT2D eigenvalue weighted by Gasteiger charge is 2.07. The van der Waals surface area contributed by atoms with E-state index in [-0.39, 0.29) is 0 Å². The SMILES string of the molecule is c1ccc(-c2cnn3ccoc23)cc1. The van der Waals surface area contributed by atoms with Crippen LogP contribution in [0.15, 0.2) is 53.4 Å². The molecular weight excluding hydrogens is 176 g/mol. The maximum absolute atomic E-state index is 5.34. The number of rotatable bonds is 1. The Balaban J connectivity index is 2.28. The van der Waals surface area contributed by atoms with Gasteiger partial charge in [0.15, 0.2) is 0 Å². The van der Waals surface area contributed by atoms with Gasteiger partial charge in [0, 0.05) is 0 Å². The maximum Gasteiger partial charge on any atom is 0.229 e. The van der Waals surface area contributed by atoms with E-state index in [9.17, 15) is 0 Å². The minimum atomic E-state index is 0.788. The van der Waals surface area contributed by atoms with Crippen LogP contribution in [-0.2, 0) is 0 Å². The van der Waals surface area contributed by atoms with E-state index in [0.717, 1.165) is 16.8 Å². The molecule has 14 heavy (non-hydrogen) atoms. The van der Waals surface area contributed by atoms with E-state index in [4.69, 9.17) is 4.42 Å². The molecule has 68 valence electrons. The van der Waals surface area contributed by atoms with Crippen LogP contribution in [0.2, 0.25) is 0 Å². The molecule has 0 spiro atoms. The van der Waals surface area contributed by atoms with Crippen LogP contribution in [0.3, 0.4) is 0 Å². The van der Waals surface area contributed by atoms with Gasteiger partial charge in [-0.3, -0.25) is 0 Å². The van der Waals surface area contributed by atoms with Gasteiger partial charge in [-0.2, -0.15) is 5.10 Å². The predicted octanol–water partition coefficient (Wildman–Crippen LogP) is 2.59. The second-order valence-corrected chi connectivity index (χ2v) is 3.08. The molecule has 0 aliphatic heterocycles. The summed E-state index contributed by atoms with van der Waals surface area (Å²) >= 11 is 0. The highest BCUT2D eigenvalue weighted by Crippen LogP contribution is 2.23. The molecule has 3 aromatic rings. The van der Waals surface area contributed by atoms with Crippen molar-refractivity contribution in [1.29, 1.82) is 0 Å². The molecule has 0 amide bonds. The van der Waals surface area contributed by atoms with Gasteiger partial charge in [-0.25, -0.2) is 4.52 Å². The quantitative estimate of drug-likeness (QED) is 0.582. The first-order chi connectivity index (χ1) is 6.95. The summed E-state index contributed by atoms with van der Waals surface area (Å²) in [5.74, 6) is 0. The van der Waals surface area contributed by atoms with Crippen LogP contribution in [0, 0.1) is 0 Å². The van der Waals surface area contributed by atoms with Gasteiger partial charge in [-0.05, 0) is 5.56 Å². The van der Waals surface area contributed by atoms with Crippen molar-refractivity contribution >= 4 is 5.71 Å². The van der Waals surface area contributed by atoms with Crippen molar-refractivity contribution in [2.75, 3.05) is 0 Å². The normalized spacial score (nSPS) is 10.9. The molecule has 1 aromatic carbocycles. The van der Waals surface area contributed by atoms with Gasteiger partial charge in [-0.1, -0.05) is 30.3 Å². The smallest absolute Gasteiger partial charge is 0.229 e. The summed E-state index contributed by atoms with van der Waals surface area (Å²) in [6.45, 7) is 0. The van der Waals surface area contributed by atoms with E-state index in [0.29, 0.717) is 0 Å². The highest BCUT2D eigenvalue weighted by atomic mass is 16.3. The summed E-state index contributed by atoms with van der Waals surface area (Å²) in [5.41, 5.74) is 2.93. The molecule has 0 saturated heterocycles. The Bertz CT molecular complexity index is 551. The zero-order valence-electron chi connectivity index (χ0n) is 7.42. The minimum Gasteiger partial charge on any atom is -0.444 e. The molecule has 3 nitrogen and oxygen atoms in total. The summed E-state index contributed by atoms with van der Waals surface area (Å²) in [6, 6.07) is 10.1. The molecule has 0 unspecified atom stereocenters. The zero-order valence-corrected chi connectivity index (χ0v) is 7.42. The van der Waals surface area contributed by atoms with Gasteiger partial charge in [-0.15, -0.1) is 0 Å². The molecule has 0 fully saturated rings. The van der Waals surface area contributed by atoms with Crippen molar-refractivity contribution in [2.45, 2.75) is 0 Å². The third-order valence-corrected chi connectivity index (χ3v) is 2.22. The number of hydrogen-bond donors (Lipinski definition) is 0. The van der Waals surface area contributed by atoms with Crippen LogP contribution in [0.5, 0.6) is 0 Å². The molecule has 0 atom stereocenters. The molecule has 2 heterocycles. The fourth-order valence-electron chi connectivity index (χ4n) is 1.54. The van der Waals surface area contributed by atoms with Crippen LogP contribution in [0.4, 0.5) is 0 Å². The van der Waals surface area contributed by atoms with Gasteiger partial charge < -0.3 is 4.42 Å². The average Bonchev–Trinajstić information content (AvgIpc) is 2.79. The van der Waals surface area contributed by atoms with E-state index >= 15 is 0 Å². The fourth-order valence-corrected chi connectivity index (χ4v) is 1.54. The van der Waals surface area contributed by atoms with Gasteiger partial charge in [0.05, 0.1) is 18.0 Å². The Hall–Kier alpha value is -2.03. The summed E-state index contributed by atoms with van der Waals surface area (Å²) in [4.78, 5) is 0. The van der Waals surface area contributed by atoms with Crippen LogP contribution in [-0.4, -0.2) is 9.61 Å². The van der Waals surface area contributed by atoms with Gasteiger partial charge in [0.2, 0.25) is 5.71 Å². The Morgan fingerprint density at radius 2 is 2.00 bits per heavy atom. The van der Waals surface area contributed by atoms with Crippen molar-refractivity contribution < 1.29 is 4.42 Å². The molecule has 0 radical (unpaired) electrons. The van der Waals surface area contributed by atoms with Crippen molar-refractivity contribution in [2.24, 2.45) is 0 Å². The monoisotopic (exact) mass is 184 g/mol. The van der Waals surface area contributed by atoms with E-state index in [1.807, 2.05) is 36.5 Å². The van der Waals surface area contributed by atoms with E-state index < -0.39 is 0 Å². The van der Waals surface area contributed by atoms with Crippen molar-refractivity contribution in [3.05, 3.63) is 49.0 Å². The number of hydrogen-bond acceptors (Lipinski definition) is 2. The second-order valence-electron chi connectivity index (χ2n) is 3.08. The molecule has 3 heteroatoms. The van der Waals surface area contributed by atoms with E-state index in [1.54, 1.807) is 17.0 Å². The first kappa shape index (κ1) is 7.38. The lowest BCUT2D eigenvalue weighted by atomic mass is 10.1. The molecule has 0 bridgehead atoms. The topological polar surface area (TPSA) is 30.4 Å². The Morgan fingerprint density at radius 3 is 2.86 bits per heavy atom. The minimum absolute atomic E-state index is 0.788. The Kier molecular flexibility index (Phi) is 1.44. The maximum atomic E-state index is 5.34.